The van der Waals surface area contributed by atoms with Crippen LogP contribution in [0.25, 0.3) is 0 Å². The van der Waals surface area contributed by atoms with Crippen LogP contribution in [0.3, 0.4) is 0 Å². The highest BCUT2D eigenvalue weighted by Gasteiger charge is 2.36. The van der Waals surface area contributed by atoms with Gasteiger partial charge in [0.05, 0.1) is 18.2 Å². The number of halogens is 3. The van der Waals surface area contributed by atoms with Gasteiger partial charge in [-0.3, -0.25) is 0 Å². The van der Waals surface area contributed by atoms with Crippen molar-refractivity contribution in [3.8, 4) is 0 Å². The highest BCUT2D eigenvalue weighted by atomic mass is 19.4. The van der Waals surface area contributed by atoms with Gasteiger partial charge in [0.15, 0.2) is 0 Å². The lowest BCUT2D eigenvalue weighted by Gasteiger charge is -2.20. The monoisotopic (exact) mass is 303 g/mol. The van der Waals surface area contributed by atoms with Gasteiger partial charge in [-0.2, -0.15) is 13.2 Å². The quantitative estimate of drug-likeness (QED) is 0.933. The molecule has 1 heterocycles. The molecule has 116 valence electrons. The first-order valence-electron chi connectivity index (χ1n) is 6.48. The maximum absolute atomic E-state index is 12.5. The molecule has 1 fully saturated rings. The third-order valence-corrected chi connectivity index (χ3v) is 3.73. The number of likely N-dealkylation sites (tertiary alicyclic amines) is 1. The van der Waals surface area contributed by atoms with Crippen molar-refractivity contribution >= 4 is 6.09 Å². The summed E-state index contributed by atoms with van der Waals surface area (Å²) in [4.78, 5) is 12.5. The Balaban J connectivity index is 2.14. The molecular formula is C14H16F3NO3. The second-order valence-corrected chi connectivity index (χ2v) is 5.10. The van der Waals surface area contributed by atoms with E-state index in [9.17, 15) is 18.0 Å². The maximum Gasteiger partial charge on any atom is 0.416 e. The summed E-state index contributed by atoms with van der Waals surface area (Å²) in [6.45, 7) is 0.554. The van der Waals surface area contributed by atoms with Crippen LogP contribution < -0.4 is 0 Å². The van der Waals surface area contributed by atoms with Crippen LogP contribution in [0.15, 0.2) is 24.3 Å². The summed E-state index contributed by atoms with van der Waals surface area (Å²) >= 11 is 0. The fraction of sp³-hybridized carbons (Fsp3) is 0.500. The van der Waals surface area contributed by atoms with Gasteiger partial charge in [-0.25, -0.2) is 4.79 Å². The van der Waals surface area contributed by atoms with Crippen molar-refractivity contribution in [1.29, 1.82) is 0 Å². The van der Waals surface area contributed by atoms with E-state index in [0.29, 0.717) is 12.0 Å². The number of ether oxygens (including phenoxy) is 1. The smallest absolute Gasteiger partial charge is 0.416 e. The van der Waals surface area contributed by atoms with Crippen molar-refractivity contribution in [1.82, 2.24) is 4.90 Å². The van der Waals surface area contributed by atoms with Gasteiger partial charge in [-0.15, -0.1) is 0 Å². The highest BCUT2D eigenvalue weighted by Crippen LogP contribution is 2.34. The number of hydrogen-bond acceptors (Lipinski definition) is 2. The van der Waals surface area contributed by atoms with Crippen molar-refractivity contribution in [2.24, 2.45) is 0 Å². The number of carboxylic acid groups (broad SMARTS) is 1. The molecule has 0 aliphatic carbocycles. The number of nitrogens with zero attached hydrogens (tertiary/aromatic N) is 1. The molecule has 1 unspecified atom stereocenters. The van der Waals surface area contributed by atoms with Crippen LogP contribution in [0.1, 0.15) is 23.5 Å². The molecule has 1 saturated heterocycles. The molecule has 7 heteroatoms. The minimum atomic E-state index is -4.36. The lowest BCUT2D eigenvalue weighted by atomic mass is 9.95. The summed E-state index contributed by atoms with van der Waals surface area (Å²) in [5.41, 5.74) is 0.0145. The van der Waals surface area contributed by atoms with Crippen molar-refractivity contribution < 1.29 is 27.8 Å². The zero-order chi connectivity index (χ0) is 15.6. The zero-order valence-corrected chi connectivity index (χ0v) is 11.4. The number of methoxy groups -OCH3 is 1. The zero-order valence-electron chi connectivity index (χ0n) is 11.4. The Kier molecular flexibility index (Phi) is 4.41. The number of carbonyl (C=O) groups is 1. The fourth-order valence-corrected chi connectivity index (χ4v) is 2.69. The second kappa shape index (κ2) is 5.93. The average molecular weight is 303 g/mol. The van der Waals surface area contributed by atoms with Gasteiger partial charge in [-0.1, -0.05) is 12.1 Å². The minimum absolute atomic E-state index is 0.108. The molecule has 2 rings (SSSR count). The predicted molar refractivity (Wildman–Crippen MR) is 69.2 cm³/mol. The summed E-state index contributed by atoms with van der Waals surface area (Å²) in [5, 5.41) is 9.15. The fourth-order valence-electron chi connectivity index (χ4n) is 2.69. The number of rotatable bonds is 3. The first kappa shape index (κ1) is 15.6. The van der Waals surface area contributed by atoms with Gasteiger partial charge in [0.1, 0.15) is 0 Å². The molecule has 1 aromatic rings. The van der Waals surface area contributed by atoms with Crippen molar-refractivity contribution in [3.05, 3.63) is 35.4 Å². The van der Waals surface area contributed by atoms with E-state index in [4.69, 9.17) is 9.84 Å². The lowest BCUT2D eigenvalue weighted by molar-refractivity contribution is -0.137. The Morgan fingerprint density at radius 3 is 2.48 bits per heavy atom. The van der Waals surface area contributed by atoms with E-state index in [0.717, 1.165) is 12.1 Å². The van der Waals surface area contributed by atoms with E-state index >= 15 is 0 Å². The molecule has 1 aliphatic rings. The van der Waals surface area contributed by atoms with Crippen LogP contribution in [0, 0.1) is 0 Å². The van der Waals surface area contributed by atoms with Crippen molar-refractivity contribution in [3.63, 3.8) is 0 Å². The molecule has 1 aliphatic heterocycles. The van der Waals surface area contributed by atoms with E-state index in [1.807, 2.05) is 0 Å². The van der Waals surface area contributed by atoms with Gasteiger partial charge in [0.25, 0.3) is 0 Å². The van der Waals surface area contributed by atoms with Crippen LogP contribution >= 0.6 is 0 Å². The normalized spacial score (nSPS) is 22.6. The van der Waals surface area contributed by atoms with Crippen LogP contribution in [0.2, 0.25) is 0 Å². The van der Waals surface area contributed by atoms with Crippen molar-refractivity contribution in [2.45, 2.75) is 24.6 Å². The van der Waals surface area contributed by atoms with E-state index in [2.05, 4.69) is 0 Å². The molecule has 4 nitrogen and oxygen atoms in total. The molecular weight excluding hydrogens is 287 g/mol. The Hall–Kier alpha value is -1.76. The highest BCUT2D eigenvalue weighted by molar-refractivity contribution is 5.66. The Labute approximate surface area is 120 Å². The third kappa shape index (κ3) is 3.47. The Morgan fingerprint density at radius 1 is 1.38 bits per heavy atom. The molecule has 21 heavy (non-hydrogen) atoms. The number of alkyl halides is 3. The summed E-state index contributed by atoms with van der Waals surface area (Å²) in [6.07, 6.45) is -4.85. The number of hydrogen-bond donors (Lipinski definition) is 1. The Morgan fingerprint density at radius 2 is 2.00 bits per heavy atom. The van der Waals surface area contributed by atoms with Crippen LogP contribution in [-0.4, -0.2) is 42.4 Å². The minimum Gasteiger partial charge on any atom is -0.465 e. The molecule has 1 aromatic carbocycles. The van der Waals surface area contributed by atoms with Gasteiger partial charge in [-0.05, 0) is 24.1 Å². The maximum atomic E-state index is 12.5. The summed E-state index contributed by atoms with van der Waals surface area (Å²) in [5.74, 6) is -0.108. The SMILES string of the molecule is COC[C@H]1CC(c2ccc(C(F)(F)F)cc2)CN1C(=O)O. The summed E-state index contributed by atoms with van der Waals surface area (Å²) < 4.78 is 42.6. The Bertz CT molecular complexity index is 501. The first-order valence-corrected chi connectivity index (χ1v) is 6.48. The topological polar surface area (TPSA) is 49.8 Å². The largest absolute Gasteiger partial charge is 0.465 e. The number of benzene rings is 1. The van der Waals surface area contributed by atoms with Gasteiger partial charge < -0.3 is 14.7 Å². The molecule has 1 N–H and O–H groups in total. The molecule has 0 bridgehead atoms. The third-order valence-electron chi connectivity index (χ3n) is 3.73. The van der Waals surface area contributed by atoms with Crippen LogP contribution in [0.5, 0.6) is 0 Å². The molecule has 0 radical (unpaired) electrons. The van der Waals surface area contributed by atoms with E-state index < -0.39 is 17.8 Å². The molecule has 1 amide bonds. The van der Waals surface area contributed by atoms with Gasteiger partial charge in [0.2, 0.25) is 0 Å². The summed E-state index contributed by atoms with van der Waals surface area (Å²) in [6, 6.07) is 4.64. The van der Waals surface area contributed by atoms with E-state index in [1.165, 1.54) is 24.1 Å². The molecule has 2 atom stereocenters. The average Bonchev–Trinajstić information content (AvgIpc) is 2.82. The predicted octanol–water partition coefficient (Wildman–Crippen LogP) is 3.19. The van der Waals surface area contributed by atoms with Gasteiger partial charge in [0, 0.05) is 19.6 Å². The van der Waals surface area contributed by atoms with E-state index in [1.54, 1.807) is 0 Å². The number of amides is 1. The molecule has 0 spiro atoms. The van der Waals surface area contributed by atoms with Crippen LogP contribution in [0.4, 0.5) is 18.0 Å². The molecule has 0 aromatic heterocycles. The van der Waals surface area contributed by atoms with Crippen molar-refractivity contribution in [2.75, 3.05) is 20.3 Å². The second-order valence-electron chi connectivity index (χ2n) is 5.10. The standard InChI is InChI=1S/C14H16F3NO3/c1-21-8-12-6-10(7-18(12)13(19)20)9-2-4-11(5-3-9)14(15,16)17/h2-5,10,12H,6-8H2,1H3,(H,19,20)/t10?,12-/m1/s1. The van der Waals surface area contributed by atoms with Gasteiger partial charge >= 0.3 is 12.3 Å². The lowest BCUT2D eigenvalue weighted by Crippen LogP contribution is -2.37. The summed E-state index contributed by atoms with van der Waals surface area (Å²) in [7, 11) is 1.49. The first-order chi connectivity index (χ1) is 9.82. The molecule has 0 saturated carbocycles. The van der Waals surface area contributed by atoms with E-state index in [-0.39, 0.29) is 25.1 Å². The van der Waals surface area contributed by atoms with Crippen LogP contribution in [-0.2, 0) is 10.9 Å².